The third-order valence-electron chi connectivity index (χ3n) is 4.45. The fourth-order valence-electron chi connectivity index (χ4n) is 2.95. The van der Waals surface area contributed by atoms with E-state index in [0.29, 0.717) is 13.1 Å². The van der Waals surface area contributed by atoms with Gasteiger partial charge in [0.25, 0.3) is 0 Å². The van der Waals surface area contributed by atoms with Crippen LogP contribution in [0.5, 0.6) is 5.75 Å². The smallest absolute Gasteiger partial charge is 0.444 e. The maximum Gasteiger partial charge on any atom is 0.573 e. The first-order chi connectivity index (χ1) is 16.3. The summed E-state index contributed by atoms with van der Waals surface area (Å²) in [5.41, 5.74) is -0.145. The molecule has 0 spiro atoms. The van der Waals surface area contributed by atoms with Gasteiger partial charge in [0.15, 0.2) is 0 Å². The number of hydrogen-bond acceptors (Lipinski definition) is 8. The molecule has 2 rings (SSSR count). The normalized spacial score (nSPS) is 12.3. The minimum Gasteiger partial charge on any atom is -0.444 e. The van der Waals surface area contributed by atoms with Gasteiger partial charge in [-0.3, -0.25) is 0 Å². The summed E-state index contributed by atoms with van der Waals surface area (Å²) in [6.07, 6.45) is -3.94. The lowest BCUT2D eigenvalue weighted by atomic mass is 10.1. The third kappa shape index (κ3) is 9.56. The molecule has 1 amide bonds. The second-order valence-corrected chi connectivity index (χ2v) is 8.92. The van der Waals surface area contributed by atoms with Crippen molar-refractivity contribution in [2.75, 3.05) is 30.8 Å². The van der Waals surface area contributed by atoms with Crippen LogP contribution in [0.1, 0.15) is 38.8 Å². The summed E-state index contributed by atoms with van der Waals surface area (Å²) >= 11 is 0. The van der Waals surface area contributed by atoms with Gasteiger partial charge in [-0.1, -0.05) is 25.1 Å². The molecule has 2 aromatic rings. The lowest BCUT2D eigenvalue weighted by Crippen LogP contribution is -2.37. The Hall–Kier alpha value is -3.75. The van der Waals surface area contributed by atoms with E-state index in [1.807, 2.05) is 13.0 Å². The number of para-hydroxylation sites is 1. The van der Waals surface area contributed by atoms with Gasteiger partial charge in [0.05, 0.1) is 6.20 Å². The molecule has 0 aliphatic rings. The van der Waals surface area contributed by atoms with Gasteiger partial charge in [0.1, 0.15) is 28.8 Å². The molecule has 1 aromatic carbocycles. The summed E-state index contributed by atoms with van der Waals surface area (Å²) in [4.78, 5) is 21.9. The molecule has 0 saturated heterocycles. The van der Waals surface area contributed by atoms with E-state index in [9.17, 15) is 23.2 Å². The molecule has 0 aliphatic carbocycles. The lowest BCUT2D eigenvalue weighted by molar-refractivity contribution is -0.274. The highest BCUT2D eigenvalue weighted by molar-refractivity contribution is 5.67. The molecule has 0 radical (unpaired) electrons. The van der Waals surface area contributed by atoms with Crippen LogP contribution in [-0.4, -0.2) is 53.1 Å². The summed E-state index contributed by atoms with van der Waals surface area (Å²) in [7, 11) is 1.64. The van der Waals surface area contributed by atoms with Gasteiger partial charge in [0.2, 0.25) is 5.95 Å². The summed E-state index contributed by atoms with van der Waals surface area (Å²) in [6, 6.07) is 7.72. The number of anilines is 2. The van der Waals surface area contributed by atoms with E-state index in [1.165, 1.54) is 29.3 Å². The van der Waals surface area contributed by atoms with Crippen molar-refractivity contribution in [3.8, 4) is 11.8 Å². The number of carbonyl (C=O) groups is 1. The Balaban J connectivity index is 2.01. The maximum absolute atomic E-state index is 12.6. The topological polar surface area (TPSA) is 112 Å². The summed E-state index contributed by atoms with van der Waals surface area (Å²) in [5, 5.41) is 15.3. The van der Waals surface area contributed by atoms with Crippen LogP contribution in [0.3, 0.4) is 0 Å². The summed E-state index contributed by atoms with van der Waals surface area (Å²) in [5.74, 6) is 0.0303. The first-order valence-electron chi connectivity index (χ1n) is 10.8. The number of nitriles is 1. The first kappa shape index (κ1) is 27.5. The molecular weight excluding hydrogens is 465 g/mol. The molecule has 1 aromatic heterocycles. The summed E-state index contributed by atoms with van der Waals surface area (Å²) < 4.78 is 47.3. The minimum atomic E-state index is -4.81. The van der Waals surface area contributed by atoms with Gasteiger partial charge in [-0.25, -0.2) is 9.78 Å². The van der Waals surface area contributed by atoms with Gasteiger partial charge in [-0.05, 0) is 32.8 Å². The van der Waals surface area contributed by atoms with E-state index in [0.717, 1.165) is 0 Å². The molecule has 0 saturated carbocycles. The first-order valence-corrected chi connectivity index (χ1v) is 10.8. The molecule has 1 atom stereocenters. The Labute approximate surface area is 202 Å². The standard InChI is InChI=1S/C23H29F3N6O3/c1-15(14-32(5)21(33)35-22(2,3)4)11-28-19-17(10-27)13-30-20(31-19)29-12-16-8-6-7-9-18(16)34-23(24,25)26/h6-9,13,15H,11-12,14H2,1-5H3,(H2,28,29,30,31). The van der Waals surface area contributed by atoms with Gasteiger partial charge in [-0.15, -0.1) is 13.2 Å². The molecule has 1 heterocycles. The van der Waals surface area contributed by atoms with E-state index in [1.54, 1.807) is 33.9 Å². The van der Waals surface area contributed by atoms with Crippen molar-refractivity contribution >= 4 is 17.9 Å². The second-order valence-electron chi connectivity index (χ2n) is 8.92. The molecule has 35 heavy (non-hydrogen) atoms. The molecule has 0 bridgehead atoms. The van der Waals surface area contributed by atoms with Gasteiger partial charge in [0, 0.05) is 32.2 Å². The van der Waals surface area contributed by atoms with Crippen molar-refractivity contribution in [2.45, 2.75) is 46.2 Å². The van der Waals surface area contributed by atoms with Crippen LogP contribution in [0, 0.1) is 17.2 Å². The van der Waals surface area contributed by atoms with Crippen LogP contribution in [0.4, 0.5) is 29.7 Å². The number of rotatable bonds is 9. The number of carbonyl (C=O) groups excluding carboxylic acids is 1. The zero-order valence-electron chi connectivity index (χ0n) is 20.2. The third-order valence-corrected chi connectivity index (χ3v) is 4.45. The highest BCUT2D eigenvalue weighted by atomic mass is 19.4. The molecule has 190 valence electrons. The van der Waals surface area contributed by atoms with Crippen LogP contribution in [-0.2, 0) is 11.3 Å². The molecule has 9 nitrogen and oxygen atoms in total. The number of alkyl halides is 3. The fraction of sp³-hybridized carbons (Fsp3) is 0.478. The predicted molar refractivity (Wildman–Crippen MR) is 124 cm³/mol. The van der Waals surface area contributed by atoms with Crippen LogP contribution >= 0.6 is 0 Å². The zero-order chi connectivity index (χ0) is 26.2. The number of nitrogens with one attached hydrogen (secondary N) is 2. The zero-order valence-corrected chi connectivity index (χ0v) is 20.2. The van der Waals surface area contributed by atoms with E-state index < -0.39 is 18.1 Å². The van der Waals surface area contributed by atoms with Crippen LogP contribution in [0.25, 0.3) is 0 Å². The Morgan fingerprint density at radius 1 is 1.23 bits per heavy atom. The number of hydrogen-bond donors (Lipinski definition) is 2. The van der Waals surface area contributed by atoms with Crippen molar-refractivity contribution in [1.82, 2.24) is 14.9 Å². The average Bonchev–Trinajstić information content (AvgIpc) is 2.75. The fourth-order valence-corrected chi connectivity index (χ4v) is 2.95. The van der Waals surface area contributed by atoms with E-state index in [-0.39, 0.29) is 41.1 Å². The summed E-state index contributed by atoms with van der Waals surface area (Å²) in [6.45, 7) is 8.03. The Morgan fingerprint density at radius 3 is 2.54 bits per heavy atom. The van der Waals surface area contributed by atoms with Crippen LogP contribution in [0.2, 0.25) is 0 Å². The Morgan fingerprint density at radius 2 is 1.91 bits per heavy atom. The van der Waals surface area contributed by atoms with E-state index >= 15 is 0 Å². The molecule has 12 heteroatoms. The Kier molecular flexibility index (Phi) is 9.11. The highest BCUT2D eigenvalue weighted by Gasteiger charge is 2.32. The molecule has 0 fully saturated rings. The molecule has 2 N–H and O–H groups in total. The monoisotopic (exact) mass is 494 g/mol. The number of amides is 1. The van der Waals surface area contributed by atoms with Gasteiger partial charge in [-0.2, -0.15) is 10.2 Å². The predicted octanol–water partition coefficient (Wildman–Crippen LogP) is 4.77. The van der Waals surface area contributed by atoms with Crippen LogP contribution < -0.4 is 15.4 Å². The van der Waals surface area contributed by atoms with Crippen molar-refractivity contribution in [1.29, 1.82) is 5.26 Å². The average molecular weight is 495 g/mol. The van der Waals surface area contributed by atoms with Gasteiger partial charge < -0.3 is 25.0 Å². The largest absolute Gasteiger partial charge is 0.573 e. The number of ether oxygens (including phenoxy) is 2. The molecular formula is C23H29F3N6O3. The molecule has 1 unspecified atom stereocenters. The quantitative estimate of drug-likeness (QED) is 0.513. The Bertz CT molecular complexity index is 1050. The second kappa shape index (κ2) is 11.6. The van der Waals surface area contributed by atoms with Crippen molar-refractivity contribution in [3.05, 3.63) is 41.6 Å². The number of aromatic nitrogens is 2. The van der Waals surface area contributed by atoms with Crippen LogP contribution in [0.15, 0.2) is 30.5 Å². The maximum atomic E-state index is 12.6. The minimum absolute atomic E-state index is 0.0168. The van der Waals surface area contributed by atoms with E-state index in [2.05, 4.69) is 25.3 Å². The number of nitrogens with zero attached hydrogens (tertiary/aromatic N) is 4. The number of benzene rings is 1. The number of halogens is 3. The SMILES string of the molecule is CC(CNc1nc(NCc2ccccc2OC(F)(F)F)ncc1C#N)CN(C)C(=O)OC(C)(C)C. The van der Waals surface area contributed by atoms with Crippen molar-refractivity contribution in [3.63, 3.8) is 0 Å². The van der Waals surface area contributed by atoms with Gasteiger partial charge >= 0.3 is 12.5 Å². The molecule has 0 aliphatic heterocycles. The van der Waals surface area contributed by atoms with E-state index in [4.69, 9.17) is 4.74 Å². The lowest BCUT2D eigenvalue weighted by Gasteiger charge is -2.26. The van der Waals surface area contributed by atoms with Crippen molar-refractivity contribution in [2.24, 2.45) is 5.92 Å². The highest BCUT2D eigenvalue weighted by Crippen LogP contribution is 2.26. The van der Waals surface area contributed by atoms with Crippen molar-refractivity contribution < 1.29 is 27.4 Å².